The maximum atomic E-state index is 12.3. The molecular formula is C17H10Cl4N2O2. The van der Waals surface area contributed by atoms with E-state index >= 15 is 0 Å². The summed E-state index contributed by atoms with van der Waals surface area (Å²) in [6.07, 6.45) is 1.35. The largest absolute Gasteiger partial charge is 0.494 e. The summed E-state index contributed by atoms with van der Waals surface area (Å²) in [4.78, 5) is 12.3. The van der Waals surface area contributed by atoms with Crippen molar-refractivity contribution >= 4 is 64.1 Å². The monoisotopic (exact) mass is 414 g/mol. The minimum Gasteiger partial charge on any atom is -0.494 e. The highest BCUT2D eigenvalue weighted by molar-refractivity contribution is 6.37. The summed E-state index contributed by atoms with van der Waals surface area (Å²) < 4.78 is 5.06. The van der Waals surface area contributed by atoms with Crippen molar-refractivity contribution in [1.29, 1.82) is 5.26 Å². The van der Waals surface area contributed by atoms with Gasteiger partial charge in [-0.2, -0.15) is 5.26 Å². The van der Waals surface area contributed by atoms with Crippen LogP contribution in [0.1, 0.15) is 5.56 Å². The number of nitrogens with zero attached hydrogens (tertiary/aromatic N) is 1. The second-order valence-electron chi connectivity index (χ2n) is 4.77. The van der Waals surface area contributed by atoms with E-state index in [1.54, 1.807) is 6.07 Å². The zero-order chi connectivity index (χ0) is 18.6. The topological polar surface area (TPSA) is 62.1 Å². The molecule has 0 atom stereocenters. The Hall–Kier alpha value is -1.90. The number of hydrogen-bond donors (Lipinski definition) is 1. The molecule has 0 bridgehead atoms. The lowest BCUT2D eigenvalue weighted by atomic mass is 10.1. The Morgan fingerprint density at radius 2 is 1.76 bits per heavy atom. The average Bonchev–Trinajstić information content (AvgIpc) is 2.55. The number of methoxy groups -OCH3 is 1. The molecule has 128 valence electrons. The van der Waals surface area contributed by atoms with Gasteiger partial charge in [-0.25, -0.2) is 0 Å². The summed E-state index contributed by atoms with van der Waals surface area (Å²) in [7, 11) is 1.44. The van der Waals surface area contributed by atoms with Gasteiger partial charge < -0.3 is 10.1 Å². The molecule has 0 aliphatic heterocycles. The van der Waals surface area contributed by atoms with Crippen molar-refractivity contribution in [2.45, 2.75) is 0 Å². The molecule has 0 saturated heterocycles. The van der Waals surface area contributed by atoms with E-state index in [4.69, 9.17) is 51.1 Å². The zero-order valence-electron chi connectivity index (χ0n) is 12.7. The van der Waals surface area contributed by atoms with Crippen LogP contribution in [0.15, 0.2) is 35.9 Å². The highest BCUT2D eigenvalue weighted by Crippen LogP contribution is 2.34. The second-order valence-corrected chi connectivity index (χ2v) is 6.42. The summed E-state index contributed by atoms with van der Waals surface area (Å²) in [5.41, 5.74) is 0.610. The first-order valence-electron chi connectivity index (χ1n) is 6.77. The first kappa shape index (κ1) is 19.4. The van der Waals surface area contributed by atoms with Gasteiger partial charge in [0, 0.05) is 5.02 Å². The van der Waals surface area contributed by atoms with E-state index in [-0.39, 0.29) is 15.6 Å². The molecule has 8 heteroatoms. The molecule has 2 aromatic carbocycles. The lowest BCUT2D eigenvalue weighted by molar-refractivity contribution is -0.112. The van der Waals surface area contributed by atoms with Gasteiger partial charge in [0.2, 0.25) is 0 Å². The minimum atomic E-state index is -0.644. The van der Waals surface area contributed by atoms with Gasteiger partial charge in [0.05, 0.1) is 27.9 Å². The van der Waals surface area contributed by atoms with Crippen molar-refractivity contribution in [2.24, 2.45) is 0 Å². The molecule has 0 saturated carbocycles. The number of halogens is 4. The van der Waals surface area contributed by atoms with Crippen LogP contribution in [0.4, 0.5) is 5.69 Å². The molecule has 0 aromatic heterocycles. The third kappa shape index (κ3) is 4.81. The normalized spacial score (nSPS) is 11.0. The van der Waals surface area contributed by atoms with Crippen LogP contribution in [0.25, 0.3) is 6.08 Å². The van der Waals surface area contributed by atoms with Gasteiger partial charge >= 0.3 is 0 Å². The fraction of sp³-hybridized carbons (Fsp3) is 0.0588. The van der Waals surface area contributed by atoms with Gasteiger partial charge in [-0.1, -0.05) is 46.4 Å². The molecule has 0 radical (unpaired) electrons. The number of benzene rings is 2. The third-order valence-corrected chi connectivity index (χ3v) is 4.20. The molecule has 0 heterocycles. The van der Waals surface area contributed by atoms with Crippen LogP contribution in [0.2, 0.25) is 20.1 Å². The maximum absolute atomic E-state index is 12.3. The highest BCUT2D eigenvalue weighted by atomic mass is 35.5. The van der Waals surface area contributed by atoms with Crippen LogP contribution < -0.4 is 10.1 Å². The number of amides is 1. The van der Waals surface area contributed by atoms with E-state index < -0.39 is 5.91 Å². The molecule has 0 aliphatic rings. The molecule has 1 amide bonds. The van der Waals surface area contributed by atoms with E-state index in [1.807, 2.05) is 6.07 Å². The van der Waals surface area contributed by atoms with E-state index in [0.29, 0.717) is 27.0 Å². The molecule has 0 unspecified atom stereocenters. The smallest absolute Gasteiger partial charge is 0.266 e. The van der Waals surface area contributed by atoms with Crippen molar-refractivity contribution < 1.29 is 9.53 Å². The van der Waals surface area contributed by atoms with Crippen molar-refractivity contribution in [1.82, 2.24) is 0 Å². The molecule has 4 nitrogen and oxygen atoms in total. The lowest BCUT2D eigenvalue weighted by Crippen LogP contribution is -2.13. The number of carbonyl (C=O) groups excluding carboxylic acids is 1. The quantitative estimate of drug-likeness (QED) is 0.502. The number of ether oxygens (including phenoxy) is 1. The van der Waals surface area contributed by atoms with Gasteiger partial charge in [0.1, 0.15) is 11.6 Å². The fourth-order valence-corrected chi connectivity index (χ4v) is 2.95. The van der Waals surface area contributed by atoms with Crippen LogP contribution >= 0.6 is 46.4 Å². The number of rotatable bonds is 4. The Bertz CT molecular complexity index is 881. The Labute approximate surface area is 164 Å². The number of nitriles is 1. The van der Waals surface area contributed by atoms with Crippen LogP contribution in [0.3, 0.4) is 0 Å². The summed E-state index contributed by atoms with van der Waals surface area (Å²) in [5.74, 6) is -0.330. The predicted octanol–water partition coefficient (Wildman–Crippen LogP) is 5.85. The molecule has 1 N–H and O–H groups in total. The number of carbonyl (C=O) groups is 1. The van der Waals surface area contributed by atoms with E-state index in [1.165, 1.54) is 37.5 Å². The summed E-state index contributed by atoms with van der Waals surface area (Å²) in [5, 5.41) is 13.0. The SMILES string of the molecule is COc1c(Cl)cc(/C=C(\C#N)C(=O)Nc2cc(Cl)ccc2Cl)cc1Cl. The molecule has 2 aromatic rings. The summed E-state index contributed by atoms with van der Waals surface area (Å²) >= 11 is 24.0. The van der Waals surface area contributed by atoms with Crippen molar-refractivity contribution in [3.63, 3.8) is 0 Å². The number of nitrogens with one attached hydrogen (secondary N) is 1. The molecule has 2 rings (SSSR count). The van der Waals surface area contributed by atoms with Crippen molar-refractivity contribution in [3.05, 3.63) is 61.6 Å². The molecule has 0 fully saturated rings. The summed E-state index contributed by atoms with van der Waals surface area (Å²) in [6, 6.07) is 9.50. The Morgan fingerprint density at radius 1 is 1.12 bits per heavy atom. The standard InChI is InChI=1S/C17H10Cl4N2O2/c1-25-16-13(20)5-9(6-14(16)21)4-10(8-22)17(24)23-15-7-11(18)2-3-12(15)19/h2-7H,1H3,(H,23,24)/b10-4+. The zero-order valence-corrected chi connectivity index (χ0v) is 15.8. The molecule has 0 aliphatic carbocycles. The van der Waals surface area contributed by atoms with E-state index in [2.05, 4.69) is 5.32 Å². The average molecular weight is 416 g/mol. The Balaban J connectivity index is 2.33. The van der Waals surface area contributed by atoms with Crippen LogP contribution in [0.5, 0.6) is 5.75 Å². The molecular weight excluding hydrogens is 406 g/mol. The first-order chi connectivity index (χ1) is 11.8. The molecule has 0 spiro atoms. The fourth-order valence-electron chi connectivity index (χ4n) is 1.96. The van der Waals surface area contributed by atoms with E-state index in [0.717, 1.165) is 0 Å². The van der Waals surface area contributed by atoms with Gasteiger partial charge in [0.25, 0.3) is 5.91 Å². The van der Waals surface area contributed by atoms with Crippen LogP contribution in [-0.2, 0) is 4.79 Å². The number of hydrogen-bond acceptors (Lipinski definition) is 3. The maximum Gasteiger partial charge on any atom is 0.266 e. The Kier molecular flexibility index (Phi) is 6.57. The van der Waals surface area contributed by atoms with Gasteiger partial charge in [-0.3, -0.25) is 4.79 Å². The van der Waals surface area contributed by atoms with Crippen molar-refractivity contribution in [2.75, 3.05) is 12.4 Å². The van der Waals surface area contributed by atoms with Gasteiger partial charge in [-0.15, -0.1) is 0 Å². The van der Waals surface area contributed by atoms with E-state index in [9.17, 15) is 10.1 Å². The van der Waals surface area contributed by atoms with Gasteiger partial charge in [0.15, 0.2) is 5.75 Å². The van der Waals surface area contributed by atoms with Gasteiger partial charge in [-0.05, 0) is 42.0 Å². The highest BCUT2D eigenvalue weighted by Gasteiger charge is 2.14. The minimum absolute atomic E-state index is 0.159. The van der Waals surface area contributed by atoms with Crippen molar-refractivity contribution in [3.8, 4) is 11.8 Å². The van der Waals surface area contributed by atoms with Crippen LogP contribution in [-0.4, -0.2) is 13.0 Å². The summed E-state index contributed by atoms with van der Waals surface area (Å²) in [6.45, 7) is 0. The third-order valence-electron chi connectivity index (χ3n) is 3.08. The Morgan fingerprint density at radius 3 is 2.32 bits per heavy atom. The predicted molar refractivity (Wildman–Crippen MR) is 102 cm³/mol. The first-order valence-corrected chi connectivity index (χ1v) is 8.28. The van der Waals surface area contributed by atoms with Crippen LogP contribution in [0, 0.1) is 11.3 Å². The molecule has 25 heavy (non-hydrogen) atoms. The second kappa shape index (κ2) is 8.46. The lowest BCUT2D eigenvalue weighted by Gasteiger charge is -2.08. The number of anilines is 1.